The number of nitrogens with one attached hydrogen (secondary N) is 1. The van der Waals surface area contributed by atoms with Gasteiger partial charge in [-0.05, 0) is 19.4 Å². The quantitative estimate of drug-likeness (QED) is 0.611. The lowest BCUT2D eigenvalue weighted by atomic mass is 10.1. The fraction of sp³-hybridized carbons (Fsp3) is 0.857. The van der Waals surface area contributed by atoms with E-state index in [9.17, 15) is 4.79 Å². The van der Waals surface area contributed by atoms with Crippen molar-refractivity contribution in [3.63, 3.8) is 0 Å². The summed E-state index contributed by atoms with van der Waals surface area (Å²) in [5.74, 6) is 0. The first-order valence-electron chi connectivity index (χ1n) is 3.74. The zero-order chi connectivity index (χ0) is 8.32. The molecular formula is C7H14N2O2. The molecule has 1 aliphatic rings. The van der Waals surface area contributed by atoms with Gasteiger partial charge in [0, 0.05) is 12.0 Å². The van der Waals surface area contributed by atoms with Crippen LogP contribution in [-0.2, 0) is 4.74 Å². The molecule has 1 aliphatic carbocycles. The number of hydrogen-bond donors (Lipinski definition) is 2. The zero-order valence-electron chi connectivity index (χ0n) is 6.72. The summed E-state index contributed by atoms with van der Waals surface area (Å²) in [6.45, 7) is 1.30. The van der Waals surface area contributed by atoms with Crippen LogP contribution >= 0.6 is 0 Å². The van der Waals surface area contributed by atoms with E-state index in [2.05, 4.69) is 10.1 Å². The summed E-state index contributed by atoms with van der Waals surface area (Å²) in [7, 11) is 1.36. The third-order valence-corrected chi connectivity index (χ3v) is 2.18. The van der Waals surface area contributed by atoms with Crippen LogP contribution in [0.1, 0.15) is 12.8 Å². The molecule has 3 N–H and O–H groups in total. The SMILES string of the molecule is COC(=O)NCC1(CN)CC1. The van der Waals surface area contributed by atoms with Crippen LogP contribution in [0.5, 0.6) is 0 Å². The average molecular weight is 158 g/mol. The van der Waals surface area contributed by atoms with Gasteiger partial charge in [-0.2, -0.15) is 0 Å². The molecule has 0 aliphatic heterocycles. The van der Waals surface area contributed by atoms with Crippen molar-refractivity contribution in [3.8, 4) is 0 Å². The first kappa shape index (κ1) is 8.33. The second kappa shape index (κ2) is 3.09. The highest BCUT2D eigenvalue weighted by Gasteiger charge is 2.41. The summed E-state index contributed by atoms with van der Waals surface area (Å²) in [5.41, 5.74) is 5.69. The topological polar surface area (TPSA) is 64.3 Å². The molecule has 4 nitrogen and oxygen atoms in total. The molecule has 0 radical (unpaired) electrons. The van der Waals surface area contributed by atoms with Crippen LogP contribution in [0.15, 0.2) is 0 Å². The molecule has 0 spiro atoms. The van der Waals surface area contributed by atoms with E-state index >= 15 is 0 Å². The number of hydrogen-bond acceptors (Lipinski definition) is 3. The Balaban J connectivity index is 2.16. The second-order valence-corrected chi connectivity index (χ2v) is 3.05. The van der Waals surface area contributed by atoms with Gasteiger partial charge in [0.15, 0.2) is 0 Å². The van der Waals surface area contributed by atoms with Crippen molar-refractivity contribution in [2.75, 3.05) is 20.2 Å². The number of alkyl carbamates (subject to hydrolysis) is 1. The number of carbonyl (C=O) groups is 1. The van der Waals surface area contributed by atoms with Crippen LogP contribution in [0.2, 0.25) is 0 Å². The fourth-order valence-corrected chi connectivity index (χ4v) is 0.962. The monoisotopic (exact) mass is 158 g/mol. The molecule has 0 aromatic heterocycles. The lowest BCUT2D eigenvalue weighted by molar-refractivity contribution is 0.168. The van der Waals surface area contributed by atoms with E-state index in [0.29, 0.717) is 13.1 Å². The third kappa shape index (κ3) is 2.08. The van der Waals surface area contributed by atoms with Gasteiger partial charge in [0.05, 0.1) is 7.11 Å². The smallest absolute Gasteiger partial charge is 0.406 e. The number of rotatable bonds is 3. The lowest BCUT2D eigenvalue weighted by Crippen LogP contribution is -2.33. The Morgan fingerprint density at radius 1 is 1.73 bits per heavy atom. The van der Waals surface area contributed by atoms with Gasteiger partial charge in [-0.1, -0.05) is 0 Å². The van der Waals surface area contributed by atoms with E-state index in [0.717, 1.165) is 12.8 Å². The van der Waals surface area contributed by atoms with Crippen LogP contribution < -0.4 is 11.1 Å². The van der Waals surface area contributed by atoms with E-state index in [1.807, 2.05) is 0 Å². The van der Waals surface area contributed by atoms with Gasteiger partial charge in [0.2, 0.25) is 0 Å². The predicted molar refractivity (Wildman–Crippen MR) is 41.1 cm³/mol. The van der Waals surface area contributed by atoms with Crippen molar-refractivity contribution in [2.45, 2.75) is 12.8 Å². The molecule has 1 saturated carbocycles. The summed E-state index contributed by atoms with van der Waals surface area (Å²) >= 11 is 0. The van der Waals surface area contributed by atoms with Gasteiger partial charge in [-0.25, -0.2) is 4.79 Å². The van der Waals surface area contributed by atoms with Crippen molar-refractivity contribution in [3.05, 3.63) is 0 Å². The third-order valence-electron chi connectivity index (χ3n) is 2.18. The number of amides is 1. The number of ether oxygens (including phenoxy) is 1. The van der Waals surface area contributed by atoms with E-state index in [1.165, 1.54) is 7.11 Å². The first-order chi connectivity index (χ1) is 5.22. The molecule has 64 valence electrons. The summed E-state index contributed by atoms with van der Waals surface area (Å²) in [5, 5.41) is 2.64. The molecule has 0 aromatic carbocycles. The molecule has 1 rings (SSSR count). The molecular weight excluding hydrogens is 144 g/mol. The van der Waals surface area contributed by atoms with Crippen molar-refractivity contribution >= 4 is 6.09 Å². The second-order valence-electron chi connectivity index (χ2n) is 3.05. The van der Waals surface area contributed by atoms with Gasteiger partial charge in [0.1, 0.15) is 0 Å². The van der Waals surface area contributed by atoms with Gasteiger partial charge >= 0.3 is 6.09 Å². The summed E-state index contributed by atoms with van der Waals surface area (Å²) in [4.78, 5) is 10.6. The van der Waals surface area contributed by atoms with Crippen molar-refractivity contribution in [2.24, 2.45) is 11.1 Å². The first-order valence-corrected chi connectivity index (χ1v) is 3.74. The van der Waals surface area contributed by atoms with Gasteiger partial charge in [-0.15, -0.1) is 0 Å². The van der Waals surface area contributed by atoms with E-state index in [4.69, 9.17) is 5.73 Å². The minimum atomic E-state index is -0.371. The van der Waals surface area contributed by atoms with Crippen LogP contribution in [0.25, 0.3) is 0 Å². The van der Waals surface area contributed by atoms with Gasteiger partial charge in [0.25, 0.3) is 0 Å². The minimum Gasteiger partial charge on any atom is -0.453 e. The van der Waals surface area contributed by atoms with Crippen LogP contribution in [0, 0.1) is 5.41 Å². The number of methoxy groups -OCH3 is 1. The maximum Gasteiger partial charge on any atom is 0.406 e. The zero-order valence-corrected chi connectivity index (χ0v) is 6.72. The summed E-state index contributed by atoms with van der Waals surface area (Å²) < 4.78 is 4.43. The molecule has 0 atom stereocenters. The molecule has 0 aromatic rings. The maximum absolute atomic E-state index is 10.6. The van der Waals surface area contributed by atoms with Crippen LogP contribution in [-0.4, -0.2) is 26.3 Å². The Bertz CT molecular complexity index is 155. The van der Waals surface area contributed by atoms with Crippen LogP contribution in [0.4, 0.5) is 4.79 Å². The average Bonchev–Trinajstić information content (AvgIpc) is 2.81. The van der Waals surface area contributed by atoms with E-state index in [-0.39, 0.29) is 11.5 Å². The van der Waals surface area contributed by atoms with E-state index in [1.54, 1.807) is 0 Å². The Labute approximate surface area is 66.1 Å². The summed E-state index contributed by atoms with van der Waals surface area (Å²) in [6.07, 6.45) is 1.87. The molecule has 11 heavy (non-hydrogen) atoms. The maximum atomic E-state index is 10.6. The standard InChI is InChI=1S/C7H14N2O2/c1-11-6(10)9-5-7(4-8)2-3-7/h2-5,8H2,1H3,(H,9,10). The molecule has 0 saturated heterocycles. The predicted octanol–water partition coefficient (Wildman–Crippen LogP) is 0.0813. The molecule has 0 bridgehead atoms. The highest BCUT2D eigenvalue weighted by atomic mass is 16.5. The van der Waals surface area contributed by atoms with Crippen molar-refractivity contribution in [1.82, 2.24) is 5.32 Å². The molecule has 0 unspecified atom stereocenters. The van der Waals surface area contributed by atoms with Gasteiger partial charge < -0.3 is 15.8 Å². The number of nitrogens with two attached hydrogens (primary N) is 1. The highest BCUT2D eigenvalue weighted by Crippen LogP contribution is 2.43. The lowest BCUT2D eigenvalue weighted by Gasteiger charge is -2.11. The normalized spacial score (nSPS) is 19.1. The largest absolute Gasteiger partial charge is 0.453 e. The highest BCUT2D eigenvalue weighted by molar-refractivity contribution is 5.66. The number of carbonyl (C=O) groups excluding carboxylic acids is 1. The Morgan fingerprint density at radius 2 is 2.36 bits per heavy atom. The molecule has 4 heteroatoms. The minimum absolute atomic E-state index is 0.189. The molecule has 1 fully saturated rings. The summed E-state index contributed by atoms with van der Waals surface area (Å²) in [6, 6.07) is 0. The Kier molecular flexibility index (Phi) is 2.34. The van der Waals surface area contributed by atoms with E-state index < -0.39 is 0 Å². The fourth-order valence-electron chi connectivity index (χ4n) is 0.962. The van der Waals surface area contributed by atoms with Crippen LogP contribution in [0.3, 0.4) is 0 Å². The van der Waals surface area contributed by atoms with Crippen molar-refractivity contribution < 1.29 is 9.53 Å². The van der Waals surface area contributed by atoms with Crippen molar-refractivity contribution in [1.29, 1.82) is 0 Å². The Morgan fingerprint density at radius 3 is 2.73 bits per heavy atom. The molecule has 1 amide bonds. The Hall–Kier alpha value is -0.770. The van der Waals surface area contributed by atoms with Gasteiger partial charge in [-0.3, -0.25) is 0 Å². The molecule has 0 heterocycles.